The van der Waals surface area contributed by atoms with Crippen LogP contribution in [-0.2, 0) is 27.1 Å². The van der Waals surface area contributed by atoms with E-state index in [0.717, 1.165) is 56.8 Å². The number of halogens is 5. The Hall–Kier alpha value is -7.47. The third kappa shape index (κ3) is 14.1. The first kappa shape index (κ1) is 61.6. The van der Waals surface area contributed by atoms with E-state index in [1.807, 2.05) is 45.1 Å². The second-order valence-electron chi connectivity index (χ2n) is 20.9. The molecule has 23 heteroatoms. The number of carbonyl (C=O) groups is 2. The number of methoxy groups -OCH3 is 1. The summed E-state index contributed by atoms with van der Waals surface area (Å²) in [5.74, 6) is -1.00. The lowest BCUT2D eigenvalue weighted by atomic mass is 9.93. The number of anilines is 1. The molecule has 2 bridgehead atoms. The summed E-state index contributed by atoms with van der Waals surface area (Å²) in [6.45, 7) is 9.79. The number of ether oxygens (including phenoxy) is 3. The maximum absolute atomic E-state index is 15.5. The van der Waals surface area contributed by atoms with Gasteiger partial charge in [-0.15, -0.1) is 5.10 Å². The van der Waals surface area contributed by atoms with Gasteiger partial charge in [-0.05, 0) is 94.1 Å². The zero-order chi connectivity index (χ0) is 59.5. The van der Waals surface area contributed by atoms with Crippen molar-refractivity contribution in [2.24, 2.45) is 5.92 Å². The number of carbonyl (C=O) groups excluding carboxylic acids is 2. The van der Waals surface area contributed by atoms with Gasteiger partial charge in [-0.2, -0.15) is 28.2 Å². The van der Waals surface area contributed by atoms with Crippen molar-refractivity contribution in [1.29, 1.82) is 0 Å². The number of likely N-dealkylation sites (tertiary alicyclic amines) is 1. The second-order valence-corrected chi connectivity index (χ2v) is 21.3. The summed E-state index contributed by atoms with van der Waals surface area (Å²) in [5.41, 5.74) is 3.71. The van der Waals surface area contributed by atoms with Gasteiger partial charge in [-0.3, -0.25) is 15.0 Å². The van der Waals surface area contributed by atoms with E-state index in [0.29, 0.717) is 36.0 Å². The first-order valence-corrected chi connectivity index (χ1v) is 27.7. The number of nitrogens with one attached hydrogen (secondary N) is 3. The number of nitrogens with zero attached hydrogens (tertiary/aromatic N) is 9. The van der Waals surface area contributed by atoms with Crippen LogP contribution in [-0.4, -0.2) is 142 Å². The quantitative estimate of drug-likeness (QED) is 0.0494. The molecule has 4 aromatic heterocycles. The SMILES string of the molecule is CN1CCC[C@H]1C=O.CN[C@@H](C)c1ccc(-c2cccnc2)cc1.CO.CO[C@@H](C)COc1nc(N2C[C@@H]3C[C@H]2CN3)c2cc(C(F)(F)F)c(-c3c(Cl)c(F)cc4[nH]ncc34)c(OCc3ccc(-c4cn(C(C=O)C(C)C)nn4)cc3)c2n1. The molecular formula is C60H69ClF4N12O6. The number of aromatic amines is 1. The Kier molecular flexibility index (Phi) is 20.6. The summed E-state index contributed by atoms with van der Waals surface area (Å²) in [6.07, 6.45) is 6.19. The van der Waals surface area contributed by atoms with Gasteiger partial charge in [0.1, 0.15) is 54.7 Å². The molecule has 0 spiro atoms. The molecule has 18 nitrogen and oxygen atoms in total. The van der Waals surface area contributed by atoms with Crippen LogP contribution < -0.4 is 25.0 Å². The number of hydrogen-bond acceptors (Lipinski definition) is 16. The number of H-pyrrole nitrogens is 1. The van der Waals surface area contributed by atoms with Gasteiger partial charge in [0.2, 0.25) is 0 Å². The van der Waals surface area contributed by atoms with Gasteiger partial charge in [0.05, 0.1) is 40.6 Å². The topological polar surface area (TPSA) is 211 Å². The number of aliphatic hydroxyl groups excluding tert-OH is 1. The third-order valence-corrected chi connectivity index (χ3v) is 15.5. The van der Waals surface area contributed by atoms with Gasteiger partial charge >= 0.3 is 12.2 Å². The molecule has 0 amide bonds. The lowest BCUT2D eigenvalue weighted by Crippen LogP contribution is -2.44. The van der Waals surface area contributed by atoms with Gasteiger partial charge < -0.3 is 44.4 Å². The van der Waals surface area contributed by atoms with Crippen molar-refractivity contribution in [2.45, 2.75) is 96.1 Å². The molecule has 0 saturated carbocycles. The number of fused-ring (bicyclic) bond motifs is 4. The minimum Gasteiger partial charge on any atom is -0.486 e. The van der Waals surface area contributed by atoms with Crippen molar-refractivity contribution in [3.8, 4) is 45.3 Å². The molecule has 0 radical (unpaired) electrons. The number of pyridine rings is 1. The maximum Gasteiger partial charge on any atom is 0.417 e. The van der Waals surface area contributed by atoms with Crippen LogP contribution in [0, 0.1) is 11.7 Å². The van der Waals surface area contributed by atoms with Crippen LogP contribution in [0.4, 0.5) is 23.4 Å². The molecule has 11 rings (SSSR count). The highest BCUT2D eigenvalue weighted by Gasteiger charge is 2.42. The Bertz CT molecular complexity index is 3440. The third-order valence-electron chi connectivity index (χ3n) is 15.1. The molecule has 0 aliphatic carbocycles. The van der Waals surface area contributed by atoms with Crippen LogP contribution in [0.15, 0.2) is 97.6 Å². The summed E-state index contributed by atoms with van der Waals surface area (Å²) < 4.78 is 81.4. The zero-order valence-corrected chi connectivity index (χ0v) is 48.2. The molecule has 8 aromatic rings. The predicted molar refractivity (Wildman–Crippen MR) is 311 cm³/mol. The van der Waals surface area contributed by atoms with Crippen molar-refractivity contribution in [3.63, 3.8) is 0 Å². The van der Waals surface area contributed by atoms with Gasteiger partial charge in [0, 0.05) is 91.4 Å². The van der Waals surface area contributed by atoms with Gasteiger partial charge in [-0.1, -0.05) is 85.3 Å². The first-order valence-electron chi connectivity index (χ1n) is 27.3. The van der Waals surface area contributed by atoms with Crippen LogP contribution in [0.1, 0.15) is 75.7 Å². The average Bonchev–Trinajstić information content (AvgIpc) is 3.13. The fourth-order valence-corrected chi connectivity index (χ4v) is 10.5. The standard InChI is InChI=1S/C39H38ClF4N9O4.C14H16N2.C6H11NO.CH4O/c1-19(2)31(16-54)53-15-30(50-51-53)22-7-5-21(6-8-22)18-56-36-33(32-26-13-46-49-29(26)11-28(41)34(32)40)27(39(42,43)44)10-25-35(36)47-38(57-17-20(3)55-4)48-37(25)52-14-23-9-24(52)12-45-23;1-11(15-2)12-5-7-13(8-6-12)14-4-3-9-16-10-14;1-7-4-2-3-6(7)5-8;1-2/h5-8,10-11,13,15-16,19-20,23-24,31,45H,9,12,14,17-18H2,1-4H3,(H,46,49);3-11,15H,1-2H3;5-6H,2-4H2,1H3;2H,1H3/t20-,23-,24-,31?;11-;6-;/m000./s1. The van der Waals surface area contributed by atoms with Crippen LogP contribution in [0.3, 0.4) is 0 Å². The lowest BCUT2D eigenvalue weighted by molar-refractivity contribution is -0.137. The monoisotopic (exact) mass is 1160 g/mol. The minimum absolute atomic E-state index is 0.000606. The number of likely N-dealkylation sites (N-methyl/N-ethyl adjacent to an activating group) is 1. The van der Waals surface area contributed by atoms with E-state index in [4.69, 9.17) is 30.9 Å². The van der Waals surface area contributed by atoms with E-state index in [9.17, 15) is 9.59 Å². The molecule has 3 fully saturated rings. The lowest BCUT2D eigenvalue weighted by Gasteiger charge is -2.30. The molecule has 7 heterocycles. The number of aliphatic hydroxyl groups is 1. The zero-order valence-electron chi connectivity index (χ0n) is 47.5. The molecule has 3 aliphatic heterocycles. The average molecular weight is 1170 g/mol. The fourth-order valence-electron chi connectivity index (χ4n) is 10.2. The summed E-state index contributed by atoms with van der Waals surface area (Å²) >= 11 is 6.60. The number of alkyl halides is 3. The molecule has 6 atom stereocenters. The number of aromatic nitrogens is 8. The van der Waals surface area contributed by atoms with E-state index < -0.39 is 34.2 Å². The highest BCUT2D eigenvalue weighted by atomic mass is 35.5. The number of hydrogen-bond donors (Lipinski definition) is 4. The molecule has 3 aliphatic rings. The summed E-state index contributed by atoms with van der Waals surface area (Å²) in [6, 6.07) is 21.8. The molecule has 4 aromatic carbocycles. The Morgan fingerprint density at radius 2 is 1.69 bits per heavy atom. The smallest absolute Gasteiger partial charge is 0.417 e. The van der Waals surface area contributed by atoms with E-state index in [2.05, 4.69) is 88.3 Å². The van der Waals surface area contributed by atoms with E-state index >= 15 is 17.6 Å². The Balaban J connectivity index is 0.000000283. The van der Waals surface area contributed by atoms with Crippen molar-refractivity contribution in [3.05, 3.63) is 125 Å². The van der Waals surface area contributed by atoms with Crippen molar-refractivity contribution >= 4 is 51.8 Å². The Labute approximate surface area is 483 Å². The molecule has 4 N–H and O–H groups in total. The van der Waals surface area contributed by atoms with Crippen LogP contribution >= 0.6 is 11.6 Å². The predicted octanol–water partition coefficient (Wildman–Crippen LogP) is 10.1. The largest absolute Gasteiger partial charge is 0.486 e. The molecule has 1 unspecified atom stereocenters. The first-order chi connectivity index (χ1) is 40.0. The van der Waals surface area contributed by atoms with Crippen molar-refractivity contribution in [2.75, 3.05) is 59.5 Å². The Morgan fingerprint density at radius 3 is 2.28 bits per heavy atom. The number of aldehydes is 2. The molecular weight excluding hydrogens is 1100 g/mol. The minimum atomic E-state index is -4.98. The van der Waals surface area contributed by atoms with Crippen LogP contribution in [0.25, 0.3) is 55.3 Å². The van der Waals surface area contributed by atoms with Crippen LogP contribution in [0.5, 0.6) is 11.8 Å². The highest BCUT2D eigenvalue weighted by Crippen LogP contribution is 2.52. The number of piperazine rings is 1. The van der Waals surface area contributed by atoms with Gasteiger partial charge in [-0.25, -0.2) is 9.07 Å². The highest BCUT2D eigenvalue weighted by molar-refractivity contribution is 6.35. The van der Waals surface area contributed by atoms with E-state index in [1.54, 1.807) is 43.6 Å². The maximum atomic E-state index is 15.5. The fraction of sp³-hybridized carbons (Fsp3) is 0.400. The molecule has 440 valence electrons. The molecule has 83 heavy (non-hydrogen) atoms. The Morgan fingerprint density at radius 1 is 0.940 bits per heavy atom. The summed E-state index contributed by atoms with van der Waals surface area (Å²) in [5, 5.41) is 28.3. The van der Waals surface area contributed by atoms with Crippen molar-refractivity contribution in [1.82, 2.24) is 55.7 Å². The summed E-state index contributed by atoms with van der Waals surface area (Å²) in [7, 11) is 6.49. The van der Waals surface area contributed by atoms with Gasteiger partial charge in [0.25, 0.3) is 0 Å². The van der Waals surface area contributed by atoms with Crippen molar-refractivity contribution < 1.29 is 46.5 Å². The normalized spacial score (nSPS) is 17.7. The second kappa shape index (κ2) is 27.7. The van der Waals surface area contributed by atoms with E-state index in [-0.39, 0.29) is 88.3 Å². The van der Waals surface area contributed by atoms with Crippen LogP contribution in [0.2, 0.25) is 5.02 Å². The van der Waals surface area contributed by atoms with Gasteiger partial charge in [0.15, 0.2) is 5.75 Å². The summed E-state index contributed by atoms with van der Waals surface area (Å²) in [4.78, 5) is 39.4. The molecule has 3 saturated heterocycles. The number of rotatable bonds is 17. The number of benzene rings is 4. The van der Waals surface area contributed by atoms with E-state index in [1.165, 1.54) is 35.5 Å².